The lowest BCUT2D eigenvalue weighted by molar-refractivity contribution is 0.0689. The first kappa shape index (κ1) is 14.7. The molecule has 0 radical (unpaired) electrons. The van der Waals surface area contributed by atoms with Crippen molar-refractivity contribution in [3.63, 3.8) is 0 Å². The van der Waals surface area contributed by atoms with Crippen LogP contribution in [0.15, 0.2) is 4.47 Å². The van der Waals surface area contributed by atoms with Crippen LogP contribution in [0.3, 0.4) is 0 Å². The van der Waals surface area contributed by atoms with Crippen LogP contribution < -0.4 is 0 Å². The molecule has 2 aromatic heterocycles. The van der Waals surface area contributed by atoms with E-state index in [2.05, 4.69) is 31.3 Å². The summed E-state index contributed by atoms with van der Waals surface area (Å²) < 4.78 is 4.43. The Bertz CT molecular complexity index is 647. The van der Waals surface area contributed by atoms with Gasteiger partial charge < -0.3 is 5.11 Å². The van der Waals surface area contributed by atoms with E-state index in [1.165, 1.54) is 0 Å². The zero-order valence-corrected chi connectivity index (χ0v) is 13.2. The van der Waals surface area contributed by atoms with Gasteiger partial charge in [-0.1, -0.05) is 12.1 Å². The van der Waals surface area contributed by atoms with E-state index in [1.54, 1.807) is 11.6 Å². The molecule has 0 bridgehead atoms. The molecule has 0 spiro atoms. The van der Waals surface area contributed by atoms with Crippen molar-refractivity contribution in [2.45, 2.75) is 40.3 Å². The van der Waals surface area contributed by atoms with Crippen molar-refractivity contribution in [2.24, 2.45) is 0 Å². The number of carboxylic acid groups (broad SMARTS) is 1. The number of aromatic nitrogens is 5. The topological polar surface area (TPSA) is 85.8 Å². The summed E-state index contributed by atoms with van der Waals surface area (Å²) in [7, 11) is 0. The Morgan fingerprint density at radius 3 is 2.55 bits per heavy atom. The molecule has 0 aliphatic rings. The molecule has 20 heavy (non-hydrogen) atoms. The predicted molar refractivity (Wildman–Crippen MR) is 75.8 cm³/mol. The van der Waals surface area contributed by atoms with Crippen LogP contribution in [0.5, 0.6) is 0 Å². The number of aromatic carboxylic acids is 1. The van der Waals surface area contributed by atoms with Gasteiger partial charge >= 0.3 is 5.97 Å². The fraction of sp³-hybridized carbons (Fsp3) is 0.500. The quantitative estimate of drug-likeness (QED) is 0.897. The highest BCUT2D eigenvalue weighted by Crippen LogP contribution is 2.23. The highest BCUT2D eigenvalue weighted by molar-refractivity contribution is 9.10. The lowest BCUT2D eigenvalue weighted by Crippen LogP contribution is -2.11. The van der Waals surface area contributed by atoms with Gasteiger partial charge in [-0.15, -0.1) is 5.10 Å². The summed E-state index contributed by atoms with van der Waals surface area (Å²) >= 11 is 3.56. The van der Waals surface area contributed by atoms with E-state index in [0.717, 1.165) is 28.8 Å². The molecule has 7 nitrogen and oxygen atoms in total. The molecule has 8 heteroatoms. The summed E-state index contributed by atoms with van der Waals surface area (Å²) in [5.41, 5.74) is 2.47. The zero-order valence-electron chi connectivity index (χ0n) is 11.6. The average Bonchev–Trinajstić information content (AvgIpc) is 2.93. The summed E-state index contributed by atoms with van der Waals surface area (Å²) in [5, 5.41) is 21.1. The van der Waals surface area contributed by atoms with Gasteiger partial charge in [0.05, 0.1) is 28.1 Å². The lowest BCUT2D eigenvalue weighted by atomic mass is 10.3. The second kappa shape index (κ2) is 5.74. The number of hydrogen-bond acceptors (Lipinski definition) is 4. The number of rotatable bonds is 5. The van der Waals surface area contributed by atoms with Crippen LogP contribution in [0.1, 0.15) is 41.4 Å². The number of hydrogen-bond donors (Lipinski definition) is 1. The zero-order chi connectivity index (χ0) is 14.9. The molecule has 2 heterocycles. The third-order valence-electron chi connectivity index (χ3n) is 3.18. The normalized spacial score (nSPS) is 11.0. The van der Waals surface area contributed by atoms with E-state index in [4.69, 9.17) is 5.11 Å². The smallest absolute Gasteiger partial charge is 0.358 e. The molecule has 0 atom stereocenters. The van der Waals surface area contributed by atoms with E-state index in [9.17, 15) is 4.79 Å². The first-order valence-electron chi connectivity index (χ1n) is 6.36. The van der Waals surface area contributed by atoms with Crippen molar-refractivity contribution in [1.29, 1.82) is 0 Å². The molecular formula is C12H16BrN5O2. The molecule has 2 aromatic rings. The molecule has 0 aromatic carbocycles. The minimum absolute atomic E-state index is 0.0144. The highest BCUT2D eigenvalue weighted by atomic mass is 79.9. The third-order valence-corrected chi connectivity index (χ3v) is 4.09. The Labute approximate surface area is 124 Å². The van der Waals surface area contributed by atoms with Gasteiger partial charge in [0.25, 0.3) is 0 Å². The lowest BCUT2D eigenvalue weighted by Gasteiger charge is -2.06. The molecule has 108 valence electrons. The van der Waals surface area contributed by atoms with Gasteiger partial charge in [0.1, 0.15) is 0 Å². The Morgan fingerprint density at radius 2 is 2.05 bits per heavy atom. The van der Waals surface area contributed by atoms with Crippen LogP contribution >= 0.6 is 15.9 Å². The van der Waals surface area contributed by atoms with Crippen molar-refractivity contribution in [1.82, 2.24) is 24.8 Å². The fourth-order valence-electron chi connectivity index (χ4n) is 2.02. The van der Waals surface area contributed by atoms with Gasteiger partial charge in [-0.3, -0.25) is 4.68 Å². The van der Waals surface area contributed by atoms with Crippen molar-refractivity contribution in [3.05, 3.63) is 27.2 Å². The minimum atomic E-state index is -1.06. The van der Waals surface area contributed by atoms with Crippen molar-refractivity contribution >= 4 is 21.9 Å². The minimum Gasteiger partial charge on any atom is -0.476 e. The monoisotopic (exact) mass is 341 g/mol. The van der Waals surface area contributed by atoms with E-state index in [1.807, 2.05) is 18.5 Å². The van der Waals surface area contributed by atoms with E-state index >= 15 is 0 Å². The first-order valence-corrected chi connectivity index (χ1v) is 7.16. The number of nitrogens with zero attached hydrogens (tertiary/aromatic N) is 5. The summed E-state index contributed by atoms with van der Waals surface area (Å²) in [4.78, 5) is 11.0. The number of halogens is 1. The summed E-state index contributed by atoms with van der Waals surface area (Å²) in [6, 6.07) is 0. The second-order valence-corrected chi connectivity index (χ2v) is 5.16. The van der Waals surface area contributed by atoms with E-state index in [-0.39, 0.29) is 5.69 Å². The van der Waals surface area contributed by atoms with Crippen molar-refractivity contribution < 1.29 is 9.90 Å². The number of carbonyl (C=O) groups is 1. The summed E-state index contributed by atoms with van der Waals surface area (Å²) in [5.74, 6) is -1.06. The van der Waals surface area contributed by atoms with Gasteiger partial charge in [-0.2, -0.15) is 5.10 Å². The SMILES string of the molecule is CCc1nn(CC)c(Cn2nnc(C(=O)O)c2C)c1Br. The summed E-state index contributed by atoms with van der Waals surface area (Å²) in [6.45, 7) is 6.94. The molecule has 0 saturated heterocycles. The molecule has 0 fully saturated rings. The molecule has 2 rings (SSSR count). The van der Waals surface area contributed by atoms with E-state index < -0.39 is 5.97 Å². The van der Waals surface area contributed by atoms with Gasteiger partial charge in [-0.25, -0.2) is 9.48 Å². The van der Waals surface area contributed by atoms with E-state index in [0.29, 0.717) is 12.2 Å². The molecule has 1 N–H and O–H groups in total. The van der Waals surface area contributed by atoms with Crippen LogP contribution in [0, 0.1) is 6.92 Å². The van der Waals surface area contributed by atoms with Gasteiger partial charge in [0.15, 0.2) is 5.69 Å². The van der Waals surface area contributed by atoms with Crippen molar-refractivity contribution in [2.75, 3.05) is 0 Å². The van der Waals surface area contributed by atoms with Crippen LogP contribution in [-0.4, -0.2) is 35.9 Å². The van der Waals surface area contributed by atoms with Gasteiger partial charge in [-0.05, 0) is 36.2 Å². The van der Waals surface area contributed by atoms with Gasteiger partial charge in [0, 0.05) is 6.54 Å². The Hall–Kier alpha value is -1.70. The molecule has 0 aliphatic heterocycles. The fourth-order valence-corrected chi connectivity index (χ4v) is 2.71. The average molecular weight is 342 g/mol. The predicted octanol–water partition coefficient (Wildman–Crippen LogP) is 1.87. The van der Waals surface area contributed by atoms with Crippen LogP contribution in [0.4, 0.5) is 0 Å². The van der Waals surface area contributed by atoms with Gasteiger partial charge in [0.2, 0.25) is 0 Å². The number of aryl methyl sites for hydroxylation is 2. The molecular weight excluding hydrogens is 326 g/mol. The molecule has 0 unspecified atom stereocenters. The highest BCUT2D eigenvalue weighted by Gasteiger charge is 2.19. The third kappa shape index (κ3) is 2.47. The Kier molecular flexibility index (Phi) is 4.22. The Balaban J connectivity index is 2.39. The molecule has 0 aliphatic carbocycles. The standard InChI is InChI=1S/C12H16BrN5O2/c1-4-8-10(13)9(17(5-2)15-8)6-18-7(3)11(12(19)20)14-16-18/h4-6H2,1-3H3,(H,19,20). The van der Waals surface area contributed by atoms with Crippen LogP contribution in [0.25, 0.3) is 0 Å². The summed E-state index contributed by atoms with van der Waals surface area (Å²) in [6.07, 6.45) is 0.831. The number of carboxylic acids is 1. The molecule has 0 amide bonds. The maximum absolute atomic E-state index is 11.0. The maximum Gasteiger partial charge on any atom is 0.358 e. The largest absolute Gasteiger partial charge is 0.476 e. The van der Waals surface area contributed by atoms with Crippen LogP contribution in [-0.2, 0) is 19.5 Å². The molecule has 0 saturated carbocycles. The van der Waals surface area contributed by atoms with Crippen molar-refractivity contribution in [3.8, 4) is 0 Å². The first-order chi connectivity index (χ1) is 9.49. The Morgan fingerprint density at radius 1 is 1.35 bits per heavy atom. The maximum atomic E-state index is 11.0. The second-order valence-electron chi connectivity index (χ2n) is 4.36. The van der Waals surface area contributed by atoms with Crippen LogP contribution in [0.2, 0.25) is 0 Å².